The SMILES string of the molecule is CC1(c2ccc(CCOc3ccc(C(c4ccc(OCCc5ccc(C6(C(F)(F)F)N=N6)cc5)cc4)C(c4ccc(OCCc5ccc(C6(C(F)(F)F)N=N6)cc5)cc4)c4ccc(OCCc5ccc(C6(C(F)(F)F)N=N6)cc5)cc4)cc3)cc2)N=N1. The van der Waals surface area contributed by atoms with E-state index in [1.165, 1.54) is 36.4 Å². The number of alkyl halides is 9. The summed E-state index contributed by atoms with van der Waals surface area (Å²) in [6, 6.07) is 57.5. The number of halogens is 9. The number of hydrogen-bond donors (Lipinski definition) is 0. The fraction of sp³-hybridized carbons (Fsp3) is 0.273. The summed E-state index contributed by atoms with van der Waals surface area (Å²) in [5.74, 6) is 1.71. The van der Waals surface area contributed by atoms with E-state index in [1.54, 1.807) is 36.4 Å². The topological polar surface area (TPSA) is 136 Å². The zero-order valence-corrected chi connectivity index (χ0v) is 46.4. The van der Waals surface area contributed by atoms with Gasteiger partial charge in [-0.25, -0.2) is 0 Å². The van der Waals surface area contributed by atoms with E-state index in [2.05, 4.69) is 53.0 Å². The maximum absolute atomic E-state index is 13.6. The Morgan fingerprint density at radius 1 is 0.287 bits per heavy atom. The lowest BCUT2D eigenvalue weighted by Gasteiger charge is -2.30. The van der Waals surface area contributed by atoms with Crippen molar-refractivity contribution < 1.29 is 58.5 Å². The summed E-state index contributed by atoms with van der Waals surface area (Å²) >= 11 is 0. The molecule has 444 valence electrons. The molecule has 21 heteroatoms. The lowest BCUT2D eigenvalue weighted by molar-refractivity contribution is -0.166. The van der Waals surface area contributed by atoms with Crippen LogP contribution in [-0.4, -0.2) is 45.0 Å². The number of nitrogens with zero attached hydrogens (tertiary/aromatic N) is 8. The average molecular weight is 1190 g/mol. The highest BCUT2D eigenvalue weighted by Gasteiger charge is 2.66. The first-order chi connectivity index (χ1) is 41.7. The highest BCUT2D eigenvalue weighted by molar-refractivity contribution is 5.49. The minimum Gasteiger partial charge on any atom is -0.493 e. The molecule has 0 fully saturated rings. The summed E-state index contributed by atoms with van der Waals surface area (Å²) in [4.78, 5) is 0. The van der Waals surface area contributed by atoms with E-state index in [9.17, 15) is 39.5 Å². The van der Waals surface area contributed by atoms with E-state index in [4.69, 9.17) is 18.9 Å². The van der Waals surface area contributed by atoms with Gasteiger partial charge in [0.05, 0.1) is 26.4 Å². The summed E-state index contributed by atoms with van der Waals surface area (Å²) in [7, 11) is 0. The third-order valence-corrected chi connectivity index (χ3v) is 16.0. The van der Waals surface area contributed by atoms with Crippen molar-refractivity contribution in [2.45, 2.75) is 85.6 Å². The third-order valence-electron chi connectivity index (χ3n) is 16.0. The predicted octanol–water partition coefficient (Wildman–Crippen LogP) is 17.3. The number of rotatable bonds is 25. The van der Waals surface area contributed by atoms with Gasteiger partial charge in [-0.2, -0.15) is 49.7 Å². The van der Waals surface area contributed by atoms with E-state index in [-0.39, 0.29) is 48.3 Å². The van der Waals surface area contributed by atoms with Gasteiger partial charge in [0, 0.05) is 59.8 Å². The van der Waals surface area contributed by atoms with Gasteiger partial charge in [-0.3, -0.25) is 0 Å². The zero-order valence-electron chi connectivity index (χ0n) is 46.4. The zero-order chi connectivity index (χ0) is 60.7. The maximum Gasteiger partial charge on any atom is 0.442 e. The Kier molecular flexibility index (Phi) is 15.3. The number of hydrogen-bond acceptors (Lipinski definition) is 12. The van der Waals surface area contributed by atoms with Crippen molar-refractivity contribution in [1.29, 1.82) is 0 Å². The van der Waals surface area contributed by atoms with Gasteiger partial charge in [0.15, 0.2) is 0 Å². The molecule has 1 atom stereocenters. The molecule has 4 aliphatic rings. The highest BCUT2D eigenvalue weighted by atomic mass is 19.4. The number of benzene rings is 8. The minimum atomic E-state index is -4.62. The van der Waals surface area contributed by atoms with Crippen LogP contribution in [0.1, 0.15) is 85.5 Å². The fourth-order valence-corrected chi connectivity index (χ4v) is 10.6. The van der Waals surface area contributed by atoms with Gasteiger partial charge in [-0.05, 0) is 100.0 Å². The first kappa shape index (κ1) is 58.1. The Hall–Kier alpha value is -9.27. The minimum absolute atomic E-state index is 0.0463. The molecule has 12 rings (SSSR count). The largest absolute Gasteiger partial charge is 0.493 e. The molecule has 0 radical (unpaired) electrons. The third kappa shape index (κ3) is 12.4. The average Bonchev–Trinajstić information content (AvgIpc) is 1.67. The van der Waals surface area contributed by atoms with Crippen LogP contribution in [0, 0.1) is 0 Å². The molecule has 0 amide bonds. The maximum atomic E-state index is 13.6. The van der Waals surface area contributed by atoms with E-state index in [0.29, 0.717) is 55.3 Å². The first-order valence-electron chi connectivity index (χ1n) is 28.0. The van der Waals surface area contributed by atoms with Gasteiger partial charge in [0.2, 0.25) is 5.66 Å². The van der Waals surface area contributed by atoms with Gasteiger partial charge in [0.1, 0.15) is 23.0 Å². The Labute approximate surface area is 493 Å². The molecule has 4 heterocycles. The van der Waals surface area contributed by atoms with E-state index < -0.39 is 41.2 Å². The smallest absolute Gasteiger partial charge is 0.442 e. The molecule has 4 aliphatic heterocycles. The van der Waals surface area contributed by atoms with Crippen LogP contribution in [0.4, 0.5) is 39.5 Å². The molecule has 87 heavy (non-hydrogen) atoms. The van der Waals surface area contributed by atoms with Crippen LogP contribution >= 0.6 is 0 Å². The summed E-state index contributed by atoms with van der Waals surface area (Å²) in [6.45, 7) is 3.12. The van der Waals surface area contributed by atoms with Crippen LogP contribution in [0.5, 0.6) is 23.0 Å². The van der Waals surface area contributed by atoms with Crippen molar-refractivity contribution >= 4 is 0 Å². The lowest BCUT2D eigenvalue weighted by Crippen LogP contribution is -2.30. The lowest BCUT2D eigenvalue weighted by atomic mass is 9.73. The van der Waals surface area contributed by atoms with E-state index >= 15 is 0 Å². The molecule has 0 N–H and O–H groups in total. The summed E-state index contributed by atoms with van der Waals surface area (Å²) in [6.07, 6.45) is -11.9. The molecule has 12 nitrogen and oxygen atoms in total. The molecule has 0 spiro atoms. The second-order valence-corrected chi connectivity index (χ2v) is 21.7. The monoisotopic (exact) mass is 1190 g/mol. The van der Waals surface area contributed by atoms with Crippen LogP contribution in [-0.2, 0) is 48.3 Å². The van der Waals surface area contributed by atoms with Crippen molar-refractivity contribution in [2.24, 2.45) is 40.9 Å². The standard InChI is InChI=1S/C66H53F9N8O4/c1-60(76-77-60)50-18-2-42(3-19-50)34-38-84-54-26-10-46(11-27-54)58(47-12-28-55(29-13-47)85-39-35-43-4-20-51(21-5-43)61(78-79-61)64(67,68)69)59(48-14-30-56(31-15-48)86-40-36-44-6-22-52(23-7-44)62(80-81-62)65(70,71)72)49-16-32-57(33-17-49)87-41-37-45-8-24-53(25-9-45)63(82-83-63)66(73,74)75/h2-33,58-59H,34-41H2,1H3. The first-order valence-corrected chi connectivity index (χ1v) is 28.0. The quantitative estimate of drug-likeness (QED) is 0.0526. The van der Waals surface area contributed by atoms with Crippen LogP contribution in [0.3, 0.4) is 0 Å². The van der Waals surface area contributed by atoms with Gasteiger partial charge in [0.25, 0.3) is 0 Å². The highest BCUT2D eigenvalue weighted by Crippen LogP contribution is 2.55. The molecule has 0 aliphatic carbocycles. The summed E-state index contributed by atoms with van der Waals surface area (Å²) < 4.78 is 148. The van der Waals surface area contributed by atoms with Crippen LogP contribution < -0.4 is 18.9 Å². The molecule has 8 aromatic rings. The van der Waals surface area contributed by atoms with Crippen molar-refractivity contribution in [1.82, 2.24) is 0 Å². The van der Waals surface area contributed by atoms with Crippen molar-refractivity contribution in [2.75, 3.05) is 26.4 Å². The molecule has 0 saturated carbocycles. The Morgan fingerprint density at radius 2 is 0.494 bits per heavy atom. The van der Waals surface area contributed by atoms with Gasteiger partial charge >= 0.3 is 35.5 Å². The molecule has 0 aromatic heterocycles. The predicted molar refractivity (Wildman–Crippen MR) is 302 cm³/mol. The molecule has 0 saturated heterocycles. The molecule has 8 aromatic carbocycles. The van der Waals surface area contributed by atoms with E-state index in [1.807, 2.05) is 116 Å². The normalized spacial score (nSPS) is 16.5. The van der Waals surface area contributed by atoms with Crippen LogP contribution in [0.15, 0.2) is 235 Å². The molecular weight excluding hydrogens is 1140 g/mol. The second kappa shape index (κ2) is 22.9. The number of ether oxygens (including phenoxy) is 4. The molecular formula is C66H53F9N8O4. The fourth-order valence-electron chi connectivity index (χ4n) is 10.6. The van der Waals surface area contributed by atoms with Gasteiger partial charge < -0.3 is 18.9 Å². The Balaban J connectivity index is 0.789. The summed E-state index contributed by atoms with van der Waals surface area (Å²) in [5.41, 5.74) is 0.102. The van der Waals surface area contributed by atoms with Gasteiger partial charge in [-0.15, -0.1) is 30.7 Å². The summed E-state index contributed by atoms with van der Waals surface area (Å²) in [5, 5.41) is 28.0. The van der Waals surface area contributed by atoms with Crippen molar-refractivity contribution in [3.63, 3.8) is 0 Å². The van der Waals surface area contributed by atoms with Crippen molar-refractivity contribution in [3.8, 4) is 23.0 Å². The van der Waals surface area contributed by atoms with Crippen LogP contribution in [0.25, 0.3) is 0 Å². The second-order valence-electron chi connectivity index (χ2n) is 21.7. The van der Waals surface area contributed by atoms with E-state index in [0.717, 1.165) is 50.1 Å². The van der Waals surface area contributed by atoms with Gasteiger partial charge in [-0.1, -0.05) is 146 Å². The Morgan fingerprint density at radius 3 is 0.678 bits per heavy atom. The van der Waals surface area contributed by atoms with Crippen molar-refractivity contribution in [3.05, 3.63) is 261 Å². The molecule has 0 bridgehead atoms. The molecule has 1 unspecified atom stereocenters. The van der Waals surface area contributed by atoms with Crippen LogP contribution in [0.2, 0.25) is 0 Å². The Bertz CT molecular complexity index is 3690.